The van der Waals surface area contributed by atoms with Crippen molar-refractivity contribution in [3.8, 4) is 0 Å². The molecule has 0 aliphatic rings. The van der Waals surface area contributed by atoms with Gasteiger partial charge in [-0.3, -0.25) is 0 Å². The van der Waals surface area contributed by atoms with Crippen molar-refractivity contribution in [3.63, 3.8) is 0 Å². The molecule has 0 amide bonds. The first-order valence-corrected chi connectivity index (χ1v) is 10.4. The molecule has 17 nitrogen and oxygen atoms in total. The largest absolute Gasteiger partial charge is 1.00 e. The molecule has 1 rings (SSSR count). The van der Waals surface area contributed by atoms with Gasteiger partial charge in [0.25, 0.3) is 0 Å². The van der Waals surface area contributed by atoms with Gasteiger partial charge < -0.3 is 65.2 Å². The number of halogens is 1. The van der Waals surface area contributed by atoms with E-state index < -0.39 is 7.12 Å². The van der Waals surface area contributed by atoms with Crippen LogP contribution in [0, 0.1) is 0 Å². The van der Waals surface area contributed by atoms with Crippen molar-refractivity contribution in [1.29, 1.82) is 0 Å². The molecule has 0 atom stereocenters. The molecule has 0 aromatic heterocycles. The van der Waals surface area contributed by atoms with E-state index in [1.165, 1.54) is 41.5 Å². The van der Waals surface area contributed by atoms with E-state index >= 15 is 0 Å². The molecular formula is C20H36BClN9O8Tc-. The van der Waals surface area contributed by atoms with Crippen LogP contribution in [0.1, 0.15) is 47.1 Å². The molecule has 20 heteroatoms. The van der Waals surface area contributed by atoms with Crippen LogP contribution in [-0.4, -0.2) is 88.6 Å². The number of hydrogen-bond acceptors (Lipinski definition) is 15. The Bertz CT molecular complexity index is 924. The number of benzene rings is 1. The third-order valence-corrected chi connectivity index (χ3v) is 4.24. The van der Waals surface area contributed by atoms with Gasteiger partial charge in [-0.25, -0.2) is 4.99 Å². The molecule has 12 N–H and O–H groups in total. The molecule has 0 bridgehead atoms. The summed E-state index contributed by atoms with van der Waals surface area (Å²) in [5.41, 5.74) is 13.3. The molecule has 40 heavy (non-hydrogen) atoms. The number of aliphatic imine (C=N–C) groups is 1. The minimum Gasteiger partial charge on any atom is -1.00 e. The van der Waals surface area contributed by atoms with Gasteiger partial charge in [0.05, 0.1) is 6.54 Å². The van der Waals surface area contributed by atoms with Gasteiger partial charge in [0.1, 0.15) is 34.3 Å². The average molecular weight is 676 g/mol. The second-order valence-corrected chi connectivity index (χ2v) is 6.93. The Morgan fingerprint density at radius 3 is 1.12 bits per heavy atom. The van der Waals surface area contributed by atoms with Gasteiger partial charge in [-0.1, -0.05) is 55.2 Å². The molecule has 0 saturated carbocycles. The van der Waals surface area contributed by atoms with Crippen LogP contribution in [0.25, 0.3) is 0 Å². The Morgan fingerprint density at radius 2 is 0.900 bits per heavy atom. The van der Waals surface area contributed by atoms with Crippen LogP contribution in [0.4, 0.5) is 0 Å². The summed E-state index contributed by atoms with van der Waals surface area (Å²) >= 11 is 0. The summed E-state index contributed by atoms with van der Waals surface area (Å²) in [6.45, 7) is 9.47. The van der Waals surface area contributed by atoms with Gasteiger partial charge in [0.15, 0.2) is 5.96 Å². The normalized spacial score (nSPS) is 11.9. The Hall–Kier alpha value is -3.77. The van der Waals surface area contributed by atoms with Crippen LogP contribution >= 0.6 is 0 Å². The third kappa shape index (κ3) is 23.4. The number of rotatable bonds is 6. The van der Waals surface area contributed by atoms with E-state index in [0.717, 1.165) is 0 Å². The van der Waals surface area contributed by atoms with E-state index in [9.17, 15) is 0 Å². The van der Waals surface area contributed by atoms with Gasteiger partial charge >= 0.3 is 7.12 Å². The first-order chi connectivity index (χ1) is 17.8. The molecule has 0 aliphatic heterocycles. The Morgan fingerprint density at radius 1 is 0.625 bits per heavy atom. The zero-order valence-electron chi connectivity index (χ0n) is 22.7. The summed E-state index contributed by atoms with van der Waals surface area (Å²) in [5.74, 6) is -0.0211. The van der Waals surface area contributed by atoms with Gasteiger partial charge in [-0.15, -0.1) is 0 Å². The van der Waals surface area contributed by atoms with Crippen LogP contribution in [-0.2, 0) is 26.7 Å². The standard InChI is InChI=1S/C8H12BN3O2.3C4H8N2O2.ClH.Tc/c10-8(11)12-5-6-3-1-2-4-7(6)9(13)14;3*1-3(5-7)4(2)6-8;;/h1-4,13-14H,5H2,(H4,10,11,12);3*7-8H,1-2H3;1H;/p-1/b;3*5-3+,6-4+;;/i;;;;;1+1. The number of guanidine groups is 1. The SMILES string of the molecule is CC(=N\O)/C(C)=N/O.CC(=N\O)/C(C)=N/O.CC(=N\O)/C(C)=N/O.NC(N)=NCc1ccccc1B(O)O.[99Tc].[Cl-]. The fourth-order valence-electron chi connectivity index (χ4n) is 1.54. The molecule has 1 aromatic rings. The van der Waals surface area contributed by atoms with Crippen LogP contribution < -0.4 is 29.3 Å². The van der Waals surface area contributed by atoms with Gasteiger partial charge in [-0.05, 0) is 52.6 Å². The van der Waals surface area contributed by atoms with Crippen molar-refractivity contribution < 1.29 is 73.8 Å². The maximum atomic E-state index is 9.01. The smallest absolute Gasteiger partial charge is 0.488 e. The van der Waals surface area contributed by atoms with Gasteiger partial charge in [0, 0.05) is 20.1 Å². The predicted octanol–water partition coefficient (Wildman–Crippen LogP) is -2.80. The van der Waals surface area contributed by atoms with Gasteiger partial charge in [0.2, 0.25) is 0 Å². The minimum absolute atomic E-state index is 0. The molecule has 1 aromatic carbocycles. The topological polar surface area (TPSA) is 300 Å². The maximum absolute atomic E-state index is 9.01. The van der Waals surface area contributed by atoms with E-state index in [1.807, 2.05) is 0 Å². The van der Waals surface area contributed by atoms with E-state index in [1.54, 1.807) is 24.3 Å². The van der Waals surface area contributed by atoms with Crippen molar-refractivity contribution in [2.45, 2.75) is 48.1 Å². The predicted molar refractivity (Wildman–Crippen MR) is 145 cm³/mol. The second-order valence-electron chi connectivity index (χ2n) is 6.93. The van der Waals surface area contributed by atoms with E-state index in [4.69, 9.17) is 52.8 Å². The molecule has 0 heterocycles. The Kier molecular flexibility index (Phi) is 32.6. The molecule has 227 valence electrons. The monoisotopic (exact) mass is 675 g/mol. The Labute approximate surface area is 251 Å². The summed E-state index contributed by atoms with van der Waals surface area (Å²) < 4.78 is 0. The van der Waals surface area contributed by atoms with E-state index in [0.29, 0.717) is 45.3 Å². The number of nitrogens with two attached hydrogens (primary N) is 2. The zero-order valence-corrected chi connectivity index (χ0v) is 25.3. The molecule has 0 saturated heterocycles. The molecule has 0 spiro atoms. The van der Waals surface area contributed by atoms with E-state index in [2.05, 4.69) is 35.9 Å². The van der Waals surface area contributed by atoms with E-state index in [-0.39, 0.29) is 45.0 Å². The summed E-state index contributed by atoms with van der Waals surface area (Å²) in [5, 5.41) is 82.9. The van der Waals surface area contributed by atoms with Crippen molar-refractivity contribution in [3.05, 3.63) is 29.8 Å². The Balaban J connectivity index is -0.000000139. The number of hydrogen-bond donors (Lipinski definition) is 10. The molecule has 1 radical (unpaired) electrons. The molecule has 0 aliphatic carbocycles. The fraction of sp³-hybridized carbons (Fsp3) is 0.350. The first kappa shape index (κ1) is 46.1. The summed E-state index contributed by atoms with van der Waals surface area (Å²) in [6.07, 6.45) is 0. The summed E-state index contributed by atoms with van der Waals surface area (Å²) in [4.78, 5) is 3.79. The molecule has 0 fully saturated rings. The van der Waals surface area contributed by atoms with Gasteiger partial charge in [-0.2, -0.15) is 0 Å². The van der Waals surface area contributed by atoms with Crippen LogP contribution in [0.3, 0.4) is 0 Å². The summed E-state index contributed by atoms with van der Waals surface area (Å²) in [6, 6.07) is 6.85. The fourth-order valence-corrected chi connectivity index (χ4v) is 1.54. The average Bonchev–Trinajstić information content (AvgIpc) is 2.94. The maximum Gasteiger partial charge on any atom is 0.488 e. The number of oxime groups is 6. The van der Waals surface area contributed by atoms with Crippen LogP contribution in [0.2, 0.25) is 0 Å². The van der Waals surface area contributed by atoms with Crippen LogP contribution in [0.15, 0.2) is 60.2 Å². The summed E-state index contributed by atoms with van der Waals surface area (Å²) in [7, 11) is -1.50. The van der Waals surface area contributed by atoms with Crippen molar-refractivity contribution in [2.75, 3.05) is 0 Å². The van der Waals surface area contributed by atoms with Crippen molar-refractivity contribution >= 4 is 52.8 Å². The third-order valence-electron chi connectivity index (χ3n) is 4.24. The molecule has 0 unspecified atom stereocenters. The molecular weight excluding hydrogens is 639 g/mol. The first-order valence-electron chi connectivity index (χ1n) is 10.4. The number of nitrogens with zero attached hydrogens (tertiary/aromatic N) is 7. The van der Waals surface area contributed by atoms with Crippen molar-refractivity contribution in [2.24, 2.45) is 47.4 Å². The van der Waals surface area contributed by atoms with Crippen LogP contribution in [0.5, 0.6) is 0 Å². The quantitative estimate of drug-likeness (QED) is 0.0486. The van der Waals surface area contributed by atoms with Crippen molar-refractivity contribution in [1.82, 2.24) is 0 Å². The zero-order chi connectivity index (χ0) is 30.3. The second kappa shape index (κ2) is 28.2. The minimum atomic E-state index is -1.50.